The summed E-state index contributed by atoms with van der Waals surface area (Å²) in [6.07, 6.45) is -1.42. The molecule has 0 aromatic carbocycles. The van der Waals surface area contributed by atoms with Crippen LogP contribution in [0.1, 0.15) is 13.8 Å². The van der Waals surface area contributed by atoms with E-state index in [2.05, 4.69) is 4.18 Å². The first-order chi connectivity index (χ1) is 4.04. The summed E-state index contributed by atoms with van der Waals surface area (Å²) in [5.74, 6) is 0. The summed E-state index contributed by atoms with van der Waals surface area (Å²) >= 11 is -2.53. The summed E-state index contributed by atoms with van der Waals surface area (Å²) in [6, 6.07) is 0. The second-order valence-corrected chi connectivity index (χ2v) is 2.35. The average Bonchev–Trinajstić information content (AvgIpc) is 1.63. The molecule has 9 heavy (non-hydrogen) atoms. The van der Waals surface area contributed by atoms with E-state index in [4.69, 9.17) is 5.11 Å². The van der Waals surface area contributed by atoms with Crippen LogP contribution < -0.4 is 0 Å². The normalized spacial score (nSPS) is 20.9. The fourth-order valence-corrected chi connectivity index (χ4v) is 0.613. The van der Waals surface area contributed by atoms with Gasteiger partial charge < -0.3 is 9.66 Å². The summed E-state index contributed by atoms with van der Waals surface area (Å²) in [4.78, 5) is 0. The molecule has 0 rings (SSSR count). The lowest BCUT2D eigenvalue weighted by Gasteiger charge is -2.15. The quantitative estimate of drug-likeness (QED) is 0.558. The molecule has 0 aliphatic heterocycles. The lowest BCUT2D eigenvalue weighted by molar-refractivity contribution is 0.0626. The summed E-state index contributed by atoms with van der Waals surface area (Å²) < 4.78 is 23.7. The van der Waals surface area contributed by atoms with E-state index in [0.717, 1.165) is 0 Å². The van der Waals surface area contributed by atoms with Gasteiger partial charge in [0, 0.05) is 0 Å². The highest BCUT2D eigenvalue weighted by Crippen LogP contribution is 1.97. The minimum atomic E-state index is -2.53. The van der Waals surface area contributed by atoms with E-state index in [-0.39, 0.29) is 0 Å². The van der Waals surface area contributed by atoms with Crippen LogP contribution in [0.4, 0.5) is 0 Å². The van der Waals surface area contributed by atoms with Crippen molar-refractivity contribution < 1.29 is 18.1 Å². The van der Waals surface area contributed by atoms with Gasteiger partial charge in [-0.2, -0.15) is 0 Å². The Hall–Kier alpha value is 0.0300. The maximum absolute atomic E-state index is 9.78. The van der Waals surface area contributed by atoms with Crippen LogP contribution in [0, 0.1) is 0 Å². The van der Waals surface area contributed by atoms with Crippen LogP contribution >= 0.6 is 0 Å². The summed E-state index contributed by atoms with van der Waals surface area (Å²) in [5.41, 5.74) is 0. The van der Waals surface area contributed by atoms with Crippen molar-refractivity contribution in [2.24, 2.45) is 0 Å². The third kappa shape index (κ3) is 4.53. The first-order valence-electron chi connectivity index (χ1n) is 2.48. The van der Waals surface area contributed by atoms with Crippen LogP contribution in [0.5, 0.6) is 0 Å². The Balaban J connectivity index is 3.50. The van der Waals surface area contributed by atoms with Gasteiger partial charge in [0.25, 0.3) is 0 Å². The molecule has 0 amide bonds. The number of aliphatic hydroxyl groups excluding tert-OH is 1. The molecule has 0 saturated heterocycles. The molecule has 0 saturated carbocycles. The first-order valence-corrected chi connectivity index (χ1v) is 3.48. The molecule has 3 atom stereocenters. The van der Waals surface area contributed by atoms with Gasteiger partial charge in [-0.25, -0.2) is 4.21 Å². The molecule has 4 nitrogen and oxygen atoms in total. The summed E-state index contributed by atoms with van der Waals surface area (Å²) in [6.45, 7) is 2.93. The topological polar surface area (TPSA) is 69.6 Å². The third-order valence-corrected chi connectivity index (χ3v) is 1.37. The molecule has 0 aromatic heterocycles. The van der Waals surface area contributed by atoms with E-state index in [9.17, 15) is 8.76 Å². The molecule has 0 aromatic rings. The Morgan fingerprint density at radius 1 is 1.67 bits per heavy atom. The zero-order valence-electron chi connectivity index (χ0n) is 5.23. The maximum Gasteiger partial charge on any atom is 0.0964 e. The molecule has 0 aliphatic carbocycles. The molecule has 3 unspecified atom stereocenters. The highest BCUT2D eigenvalue weighted by molar-refractivity contribution is 7.74. The van der Waals surface area contributed by atoms with Crippen molar-refractivity contribution in [3.63, 3.8) is 0 Å². The van der Waals surface area contributed by atoms with Gasteiger partial charge in [-0.3, -0.25) is 4.18 Å². The van der Waals surface area contributed by atoms with Gasteiger partial charge in [0.1, 0.15) is 0 Å². The predicted molar refractivity (Wildman–Crippen MR) is 31.1 cm³/mol. The minimum absolute atomic E-state index is 0.664. The number of aliphatic hydroxyl groups is 1. The van der Waals surface area contributed by atoms with Crippen molar-refractivity contribution in [2.45, 2.75) is 26.1 Å². The van der Waals surface area contributed by atoms with Crippen molar-refractivity contribution in [1.82, 2.24) is 0 Å². The van der Waals surface area contributed by atoms with Crippen LogP contribution in [0.3, 0.4) is 0 Å². The summed E-state index contributed by atoms with van der Waals surface area (Å²) in [7, 11) is 0. The van der Waals surface area contributed by atoms with Crippen LogP contribution in [-0.2, 0) is 15.5 Å². The number of hydrogen-bond donors (Lipinski definition) is 1. The van der Waals surface area contributed by atoms with E-state index >= 15 is 0 Å². The molecule has 0 spiro atoms. The fourth-order valence-electron chi connectivity index (χ4n) is 0.204. The largest absolute Gasteiger partial charge is 0.750 e. The standard InChI is InChI=1S/C4H10O4S/c1-3(5)4(2)8-9(6)7/h3-5H,1-2H3,(H,6,7)/p-1. The molecular weight excluding hydrogens is 144 g/mol. The Labute approximate surface area is 56.3 Å². The van der Waals surface area contributed by atoms with Gasteiger partial charge in [0.15, 0.2) is 0 Å². The fraction of sp³-hybridized carbons (Fsp3) is 1.00. The number of hydrogen-bond acceptors (Lipinski definition) is 4. The van der Waals surface area contributed by atoms with Gasteiger partial charge in [0.05, 0.1) is 23.6 Å². The Morgan fingerprint density at radius 2 is 2.11 bits per heavy atom. The van der Waals surface area contributed by atoms with Gasteiger partial charge in [-0.1, -0.05) is 0 Å². The highest BCUT2D eigenvalue weighted by atomic mass is 32.2. The molecule has 0 aliphatic rings. The van der Waals surface area contributed by atoms with Crippen LogP contribution in [0.2, 0.25) is 0 Å². The molecule has 0 fully saturated rings. The maximum atomic E-state index is 9.78. The monoisotopic (exact) mass is 153 g/mol. The zero-order chi connectivity index (χ0) is 7.44. The lowest BCUT2D eigenvalue weighted by atomic mass is 10.3. The molecular formula is C4H9O4S-. The molecule has 0 radical (unpaired) electrons. The van der Waals surface area contributed by atoms with E-state index in [1.54, 1.807) is 0 Å². The molecule has 56 valence electrons. The van der Waals surface area contributed by atoms with E-state index in [1.165, 1.54) is 13.8 Å². The van der Waals surface area contributed by atoms with Crippen LogP contribution in [-0.4, -0.2) is 26.1 Å². The van der Waals surface area contributed by atoms with Crippen molar-refractivity contribution in [3.8, 4) is 0 Å². The Bertz CT molecular complexity index is 103. The smallest absolute Gasteiger partial charge is 0.0964 e. The molecule has 0 bridgehead atoms. The van der Waals surface area contributed by atoms with E-state index in [1.807, 2.05) is 0 Å². The first kappa shape index (κ1) is 9.03. The van der Waals surface area contributed by atoms with Gasteiger partial charge in [-0.05, 0) is 13.8 Å². The van der Waals surface area contributed by atoms with E-state index in [0.29, 0.717) is 0 Å². The minimum Gasteiger partial charge on any atom is -0.750 e. The zero-order valence-corrected chi connectivity index (χ0v) is 6.05. The molecule has 0 heterocycles. The Morgan fingerprint density at radius 3 is 2.22 bits per heavy atom. The third-order valence-electron chi connectivity index (χ3n) is 0.910. The second-order valence-electron chi connectivity index (χ2n) is 1.75. The molecule has 5 heteroatoms. The highest BCUT2D eigenvalue weighted by Gasteiger charge is 2.08. The second kappa shape index (κ2) is 3.94. The SMILES string of the molecule is CC(O)C(C)OS(=O)[O-]. The lowest BCUT2D eigenvalue weighted by Crippen LogP contribution is -2.23. The van der Waals surface area contributed by atoms with Crippen molar-refractivity contribution >= 4 is 11.4 Å². The molecule has 1 N–H and O–H groups in total. The summed E-state index contributed by atoms with van der Waals surface area (Å²) in [5, 5.41) is 8.67. The van der Waals surface area contributed by atoms with Crippen LogP contribution in [0.25, 0.3) is 0 Å². The average molecular weight is 153 g/mol. The van der Waals surface area contributed by atoms with Crippen molar-refractivity contribution in [3.05, 3.63) is 0 Å². The van der Waals surface area contributed by atoms with Crippen LogP contribution in [0.15, 0.2) is 0 Å². The van der Waals surface area contributed by atoms with Crippen molar-refractivity contribution in [2.75, 3.05) is 0 Å². The van der Waals surface area contributed by atoms with Crippen molar-refractivity contribution in [1.29, 1.82) is 0 Å². The van der Waals surface area contributed by atoms with Gasteiger partial charge in [0.2, 0.25) is 0 Å². The number of rotatable bonds is 3. The Kier molecular flexibility index (Phi) is 3.96. The van der Waals surface area contributed by atoms with Gasteiger partial charge in [-0.15, -0.1) is 0 Å². The van der Waals surface area contributed by atoms with Gasteiger partial charge >= 0.3 is 0 Å². The van der Waals surface area contributed by atoms with E-state index < -0.39 is 23.6 Å². The predicted octanol–water partition coefficient (Wildman–Crippen LogP) is -0.434.